The van der Waals surface area contributed by atoms with E-state index in [1.165, 1.54) is 0 Å². The molecule has 0 radical (unpaired) electrons. The Labute approximate surface area is 146 Å². The summed E-state index contributed by atoms with van der Waals surface area (Å²) < 4.78 is 1.98. The first-order chi connectivity index (χ1) is 11.8. The van der Waals surface area contributed by atoms with Crippen LogP contribution in [0.4, 0.5) is 0 Å². The van der Waals surface area contributed by atoms with Crippen LogP contribution in [0.15, 0.2) is 91.1 Å². The van der Waals surface area contributed by atoms with E-state index in [9.17, 15) is 0 Å². The Morgan fingerprint density at radius 1 is 0.667 bits per heavy atom. The van der Waals surface area contributed by atoms with E-state index in [4.69, 9.17) is 11.6 Å². The van der Waals surface area contributed by atoms with Crippen LogP contribution in [-0.2, 0) is 0 Å². The molecule has 116 valence electrons. The zero-order chi connectivity index (χ0) is 16.4. The molecule has 4 aromatic rings. The lowest BCUT2D eigenvalue weighted by molar-refractivity contribution is 0.888. The second-order valence-corrected chi connectivity index (χ2v) is 5.96. The van der Waals surface area contributed by atoms with Crippen molar-refractivity contribution in [3.63, 3.8) is 0 Å². The van der Waals surface area contributed by atoms with Gasteiger partial charge >= 0.3 is 0 Å². The minimum atomic E-state index is 0.728. The highest BCUT2D eigenvalue weighted by molar-refractivity contribution is 6.30. The van der Waals surface area contributed by atoms with E-state index in [0.29, 0.717) is 0 Å². The fourth-order valence-electron chi connectivity index (χ4n) is 2.83. The van der Waals surface area contributed by atoms with Gasteiger partial charge < -0.3 is 0 Å². The molecule has 0 aliphatic heterocycles. The van der Waals surface area contributed by atoms with E-state index in [1.807, 2.05) is 71.5 Å². The van der Waals surface area contributed by atoms with Crippen molar-refractivity contribution in [2.24, 2.45) is 0 Å². The predicted molar refractivity (Wildman–Crippen MR) is 99.4 cm³/mol. The minimum absolute atomic E-state index is 0.728. The maximum Gasteiger partial charge on any atom is 0.0819 e. The number of hydrogen-bond donors (Lipinski definition) is 0. The van der Waals surface area contributed by atoms with Gasteiger partial charge in [-0.1, -0.05) is 72.3 Å². The Hall–Kier alpha value is -2.84. The molecule has 0 saturated carbocycles. The van der Waals surface area contributed by atoms with Crippen LogP contribution in [0.3, 0.4) is 0 Å². The third-order valence-electron chi connectivity index (χ3n) is 3.97. The zero-order valence-electron chi connectivity index (χ0n) is 12.9. The van der Waals surface area contributed by atoms with Gasteiger partial charge in [0, 0.05) is 16.1 Å². The number of nitrogens with zero attached hydrogens (tertiary/aromatic N) is 2. The van der Waals surface area contributed by atoms with Gasteiger partial charge in [0.1, 0.15) is 0 Å². The van der Waals surface area contributed by atoms with Crippen LogP contribution >= 0.6 is 11.6 Å². The molecule has 0 amide bonds. The fourth-order valence-corrected chi connectivity index (χ4v) is 2.95. The van der Waals surface area contributed by atoms with Crippen molar-refractivity contribution in [1.82, 2.24) is 9.78 Å². The number of hydrogen-bond acceptors (Lipinski definition) is 1. The van der Waals surface area contributed by atoms with Crippen LogP contribution < -0.4 is 0 Å². The predicted octanol–water partition coefficient (Wildman–Crippen LogP) is 5.86. The van der Waals surface area contributed by atoms with Crippen molar-refractivity contribution in [1.29, 1.82) is 0 Å². The number of aromatic nitrogens is 2. The summed E-state index contributed by atoms with van der Waals surface area (Å²) in [5.74, 6) is 0. The molecule has 0 N–H and O–H groups in total. The van der Waals surface area contributed by atoms with E-state index in [1.54, 1.807) is 0 Å². The molecule has 24 heavy (non-hydrogen) atoms. The van der Waals surface area contributed by atoms with Gasteiger partial charge in [0.15, 0.2) is 0 Å². The van der Waals surface area contributed by atoms with Crippen LogP contribution in [0, 0.1) is 0 Å². The third-order valence-corrected chi connectivity index (χ3v) is 4.22. The monoisotopic (exact) mass is 330 g/mol. The van der Waals surface area contributed by atoms with Crippen molar-refractivity contribution in [3.8, 4) is 28.1 Å². The van der Waals surface area contributed by atoms with Gasteiger partial charge in [-0.05, 0) is 29.8 Å². The molecule has 0 atom stereocenters. The first-order valence-electron chi connectivity index (χ1n) is 7.78. The van der Waals surface area contributed by atoms with Crippen LogP contribution in [0.2, 0.25) is 5.02 Å². The summed E-state index contributed by atoms with van der Waals surface area (Å²) >= 11 is 6.06. The van der Waals surface area contributed by atoms with Gasteiger partial charge in [0.25, 0.3) is 0 Å². The summed E-state index contributed by atoms with van der Waals surface area (Å²) in [6.45, 7) is 0. The molecule has 0 spiro atoms. The normalized spacial score (nSPS) is 10.7. The van der Waals surface area contributed by atoms with Gasteiger partial charge in [-0.15, -0.1) is 0 Å². The van der Waals surface area contributed by atoms with E-state index < -0.39 is 0 Å². The highest BCUT2D eigenvalue weighted by atomic mass is 35.5. The number of halogens is 1. The van der Waals surface area contributed by atoms with Crippen LogP contribution in [0.25, 0.3) is 28.1 Å². The largest absolute Gasteiger partial charge is 0.232 e. The van der Waals surface area contributed by atoms with Crippen molar-refractivity contribution in [3.05, 3.63) is 96.1 Å². The molecule has 1 heterocycles. The van der Waals surface area contributed by atoms with Gasteiger partial charge in [0.05, 0.1) is 17.6 Å². The van der Waals surface area contributed by atoms with Crippen molar-refractivity contribution in [2.75, 3.05) is 0 Å². The molecule has 3 aromatic carbocycles. The summed E-state index contributed by atoms with van der Waals surface area (Å²) in [6.07, 6.45) is 1.92. The second kappa shape index (κ2) is 6.34. The molecular weight excluding hydrogens is 316 g/mol. The Kier molecular flexibility index (Phi) is 3.89. The molecule has 1 aromatic heterocycles. The van der Waals surface area contributed by atoms with E-state index in [2.05, 4.69) is 29.4 Å². The highest BCUT2D eigenvalue weighted by Gasteiger charge is 2.15. The van der Waals surface area contributed by atoms with E-state index >= 15 is 0 Å². The summed E-state index contributed by atoms with van der Waals surface area (Å²) in [7, 11) is 0. The quantitative estimate of drug-likeness (QED) is 0.460. The Balaban J connectivity index is 1.96. The second-order valence-electron chi connectivity index (χ2n) is 5.53. The smallest absolute Gasteiger partial charge is 0.0819 e. The summed E-state index contributed by atoms with van der Waals surface area (Å²) in [5.41, 5.74) is 5.42. The summed E-state index contributed by atoms with van der Waals surface area (Å²) in [4.78, 5) is 0. The lowest BCUT2D eigenvalue weighted by atomic mass is 10.0. The van der Waals surface area contributed by atoms with E-state index in [-0.39, 0.29) is 0 Å². The topological polar surface area (TPSA) is 17.8 Å². The molecule has 0 fully saturated rings. The molecule has 0 aliphatic rings. The molecular formula is C21H15ClN2. The van der Waals surface area contributed by atoms with Gasteiger partial charge in [-0.2, -0.15) is 5.10 Å². The maximum atomic E-state index is 6.06. The zero-order valence-corrected chi connectivity index (χ0v) is 13.7. The molecule has 4 rings (SSSR count). The highest BCUT2D eigenvalue weighted by Crippen LogP contribution is 2.34. The average Bonchev–Trinajstić information content (AvgIpc) is 3.09. The number of para-hydroxylation sites is 1. The molecule has 3 heteroatoms. The average molecular weight is 331 g/mol. The molecule has 0 aliphatic carbocycles. The van der Waals surface area contributed by atoms with Crippen LogP contribution in [-0.4, -0.2) is 9.78 Å². The minimum Gasteiger partial charge on any atom is -0.232 e. The first kappa shape index (κ1) is 14.7. The standard InChI is InChI=1S/C21H15ClN2/c22-18-13-11-17(12-14-18)21-20(16-7-3-1-4-8-16)15-23-24(21)19-9-5-2-6-10-19/h1-15H. The maximum absolute atomic E-state index is 6.06. The van der Waals surface area contributed by atoms with Gasteiger partial charge in [-0.25, -0.2) is 4.68 Å². The fraction of sp³-hybridized carbons (Fsp3) is 0. The lowest BCUT2D eigenvalue weighted by Crippen LogP contribution is -1.99. The molecule has 0 saturated heterocycles. The van der Waals surface area contributed by atoms with Crippen molar-refractivity contribution in [2.45, 2.75) is 0 Å². The molecule has 2 nitrogen and oxygen atoms in total. The van der Waals surface area contributed by atoms with Crippen LogP contribution in [0.1, 0.15) is 0 Å². The Morgan fingerprint density at radius 3 is 1.96 bits per heavy atom. The Bertz CT molecular complexity index is 885. The third kappa shape index (κ3) is 2.72. The van der Waals surface area contributed by atoms with Crippen molar-refractivity contribution < 1.29 is 0 Å². The van der Waals surface area contributed by atoms with E-state index in [0.717, 1.165) is 33.1 Å². The number of benzene rings is 3. The van der Waals surface area contributed by atoms with Gasteiger partial charge in [0.2, 0.25) is 0 Å². The summed E-state index contributed by atoms with van der Waals surface area (Å²) in [5, 5.41) is 5.37. The van der Waals surface area contributed by atoms with Crippen LogP contribution in [0.5, 0.6) is 0 Å². The first-order valence-corrected chi connectivity index (χ1v) is 8.15. The molecule has 0 bridgehead atoms. The Morgan fingerprint density at radius 2 is 1.29 bits per heavy atom. The van der Waals surface area contributed by atoms with Gasteiger partial charge in [-0.3, -0.25) is 0 Å². The SMILES string of the molecule is Clc1ccc(-c2c(-c3ccccc3)cnn2-c2ccccc2)cc1. The number of rotatable bonds is 3. The van der Waals surface area contributed by atoms with Crippen molar-refractivity contribution >= 4 is 11.6 Å². The lowest BCUT2D eigenvalue weighted by Gasteiger charge is -2.10. The molecule has 0 unspecified atom stereocenters. The summed E-state index contributed by atoms with van der Waals surface area (Å²) in [6, 6.07) is 28.4.